The first-order valence-corrected chi connectivity index (χ1v) is 6.66. The first-order valence-electron chi connectivity index (χ1n) is 6.66. The molecule has 1 heterocycles. The Morgan fingerprint density at radius 3 is 2.77 bits per heavy atom. The van der Waals surface area contributed by atoms with Crippen LogP contribution in [0, 0.1) is 0 Å². The van der Waals surface area contributed by atoms with Crippen molar-refractivity contribution < 1.29 is 4.74 Å². The van der Waals surface area contributed by atoms with Gasteiger partial charge in [0.2, 0.25) is 5.95 Å². The van der Waals surface area contributed by atoms with Gasteiger partial charge in [0.05, 0.1) is 18.3 Å². The van der Waals surface area contributed by atoms with Crippen LogP contribution in [0.1, 0.15) is 5.56 Å². The second kappa shape index (κ2) is 5.69. The van der Waals surface area contributed by atoms with Crippen molar-refractivity contribution in [2.24, 2.45) is 4.99 Å². The van der Waals surface area contributed by atoms with Crippen molar-refractivity contribution in [3.8, 4) is 5.75 Å². The standard InChI is InChI=1S/C16H15N5O/c1-22-12-4-2-3-10(7-12)9-19-11-5-6-14-13(8-11)15(17)21-16(18)20-14/h2-9H,1H3,(H4,17,18,20,21). The Kier molecular flexibility index (Phi) is 3.57. The Bertz CT molecular complexity index is 860. The van der Waals surface area contributed by atoms with E-state index in [4.69, 9.17) is 16.2 Å². The minimum atomic E-state index is 0.164. The van der Waals surface area contributed by atoms with Gasteiger partial charge >= 0.3 is 0 Å². The summed E-state index contributed by atoms with van der Waals surface area (Å²) in [5.41, 5.74) is 13.9. The van der Waals surface area contributed by atoms with Crippen molar-refractivity contribution in [1.29, 1.82) is 0 Å². The largest absolute Gasteiger partial charge is 0.497 e. The van der Waals surface area contributed by atoms with E-state index >= 15 is 0 Å². The van der Waals surface area contributed by atoms with E-state index in [1.807, 2.05) is 42.5 Å². The van der Waals surface area contributed by atoms with E-state index < -0.39 is 0 Å². The molecule has 0 saturated carbocycles. The average molecular weight is 293 g/mol. The summed E-state index contributed by atoms with van der Waals surface area (Å²) in [5.74, 6) is 1.30. The summed E-state index contributed by atoms with van der Waals surface area (Å²) in [7, 11) is 1.63. The number of aromatic nitrogens is 2. The van der Waals surface area contributed by atoms with Crippen LogP contribution in [-0.4, -0.2) is 23.3 Å². The van der Waals surface area contributed by atoms with Crippen molar-refractivity contribution >= 4 is 34.6 Å². The smallest absolute Gasteiger partial charge is 0.222 e. The summed E-state index contributed by atoms with van der Waals surface area (Å²) in [6, 6.07) is 13.2. The lowest BCUT2D eigenvalue weighted by Crippen LogP contribution is -2.00. The number of fused-ring (bicyclic) bond motifs is 1. The quantitative estimate of drug-likeness (QED) is 0.723. The molecular formula is C16H15N5O. The van der Waals surface area contributed by atoms with Crippen LogP contribution in [0.15, 0.2) is 47.5 Å². The Hall–Kier alpha value is -3.15. The number of nitrogens with two attached hydrogens (primary N) is 2. The number of methoxy groups -OCH3 is 1. The third-order valence-electron chi connectivity index (χ3n) is 3.18. The molecule has 0 spiro atoms. The lowest BCUT2D eigenvalue weighted by Gasteiger charge is -2.03. The molecule has 0 atom stereocenters. The van der Waals surface area contributed by atoms with Crippen molar-refractivity contribution in [3.63, 3.8) is 0 Å². The summed E-state index contributed by atoms with van der Waals surface area (Å²) in [6.45, 7) is 0. The molecule has 0 amide bonds. The van der Waals surface area contributed by atoms with E-state index in [1.165, 1.54) is 0 Å². The molecule has 3 aromatic rings. The molecule has 0 saturated heterocycles. The lowest BCUT2D eigenvalue weighted by atomic mass is 10.2. The molecule has 22 heavy (non-hydrogen) atoms. The number of benzene rings is 2. The third kappa shape index (κ3) is 2.80. The molecule has 0 unspecified atom stereocenters. The maximum Gasteiger partial charge on any atom is 0.222 e. The van der Waals surface area contributed by atoms with Crippen LogP contribution in [0.5, 0.6) is 5.75 Å². The van der Waals surface area contributed by atoms with Gasteiger partial charge in [-0.1, -0.05) is 12.1 Å². The number of ether oxygens (including phenoxy) is 1. The highest BCUT2D eigenvalue weighted by atomic mass is 16.5. The van der Waals surface area contributed by atoms with E-state index in [9.17, 15) is 0 Å². The van der Waals surface area contributed by atoms with Crippen LogP contribution in [-0.2, 0) is 0 Å². The van der Waals surface area contributed by atoms with Gasteiger partial charge in [0.25, 0.3) is 0 Å². The number of hydrogen-bond donors (Lipinski definition) is 2. The molecule has 0 radical (unpaired) electrons. The molecule has 0 aliphatic rings. The van der Waals surface area contributed by atoms with Crippen LogP contribution >= 0.6 is 0 Å². The molecule has 0 fully saturated rings. The van der Waals surface area contributed by atoms with Crippen LogP contribution in [0.25, 0.3) is 10.9 Å². The predicted molar refractivity (Wildman–Crippen MR) is 88.6 cm³/mol. The maximum atomic E-state index is 5.87. The van der Waals surface area contributed by atoms with Crippen molar-refractivity contribution in [1.82, 2.24) is 9.97 Å². The third-order valence-corrected chi connectivity index (χ3v) is 3.18. The Morgan fingerprint density at radius 2 is 1.95 bits per heavy atom. The first-order chi connectivity index (χ1) is 10.7. The topological polar surface area (TPSA) is 99.4 Å². The van der Waals surface area contributed by atoms with Gasteiger partial charge in [0.15, 0.2) is 0 Å². The second-order valence-electron chi connectivity index (χ2n) is 4.70. The van der Waals surface area contributed by atoms with E-state index in [0.29, 0.717) is 11.3 Å². The fraction of sp³-hybridized carbons (Fsp3) is 0.0625. The van der Waals surface area contributed by atoms with Crippen molar-refractivity contribution in [3.05, 3.63) is 48.0 Å². The van der Waals surface area contributed by atoms with Gasteiger partial charge in [-0.2, -0.15) is 4.98 Å². The molecule has 3 rings (SSSR count). The normalized spacial score (nSPS) is 11.1. The lowest BCUT2D eigenvalue weighted by molar-refractivity contribution is 0.415. The van der Waals surface area contributed by atoms with E-state index in [1.54, 1.807) is 13.3 Å². The van der Waals surface area contributed by atoms with Crippen LogP contribution in [0.4, 0.5) is 17.5 Å². The Balaban J connectivity index is 1.95. The highest BCUT2D eigenvalue weighted by Crippen LogP contribution is 2.24. The molecule has 1 aromatic heterocycles. The zero-order valence-corrected chi connectivity index (χ0v) is 12.0. The summed E-state index contributed by atoms with van der Waals surface area (Å²) >= 11 is 0. The number of nitrogens with zero attached hydrogens (tertiary/aromatic N) is 3. The summed E-state index contributed by atoms with van der Waals surface area (Å²) in [5, 5.41) is 0.731. The molecule has 2 aromatic carbocycles. The van der Waals surface area contributed by atoms with Gasteiger partial charge in [-0.25, -0.2) is 4.98 Å². The van der Waals surface area contributed by atoms with E-state index in [2.05, 4.69) is 15.0 Å². The van der Waals surface area contributed by atoms with Crippen LogP contribution < -0.4 is 16.2 Å². The summed E-state index contributed by atoms with van der Waals surface area (Å²) in [4.78, 5) is 12.5. The average Bonchev–Trinajstić information content (AvgIpc) is 2.53. The summed E-state index contributed by atoms with van der Waals surface area (Å²) < 4.78 is 5.18. The molecule has 6 heteroatoms. The highest BCUT2D eigenvalue weighted by Gasteiger charge is 2.03. The molecule has 0 aliphatic heterocycles. The Morgan fingerprint density at radius 1 is 1.09 bits per heavy atom. The first kappa shape index (κ1) is 13.8. The van der Waals surface area contributed by atoms with Gasteiger partial charge in [-0.15, -0.1) is 0 Å². The summed E-state index contributed by atoms with van der Waals surface area (Å²) in [6.07, 6.45) is 1.76. The minimum Gasteiger partial charge on any atom is -0.497 e. The van der Waals surface area contributed by atoms with Gasteiger partial charge in [-0.05, 0) is 35.9 Å². The van der Waals surface area contributed by atoms with E-state index in [-0.39, 0.29) is 5.95 Å². The molecule has 110 valence electrons. The fourth-order valence-electron chi connectivity index (χ4n) is 2.11. The molecule has 0 bridgehead atoms. The van der Waals surface area contributed by atoms with E-state index in [0.717, 1.165) is 22.4 Å². The second-order valence-corrected chi connectivity index (χ2v) is 4.70. The monoisotopic (exact) mass is 293 g/mol. The zero-order chi connectivity index (χ0) is 15.5. The molecule has 0 aliphatic carbocycles. The molecular weight excluding hydrogens is 278 g/mol. The molecule has 6 nitrogen and oxygen atoms in total. The molecule has 4 N–H and O–H groups in total. The number of hydrogen-bond acceptors (Lipinski definition) is 6. The van der Waals surface area contributed by atoms with Gasteiger partial charge in [0, 0.05) is 11.6 Å². The highest BCUT2D eigenvalue weighted by molar-refractivity contribution is 5.92. The number of nitrogen functional groups attached to an aromatic ring is 2. The van der Waals surface area contributed by atoms with Gasteiger partial charge in [0.1, 0.15) is 11.6 Å². The number of aliphatic imine (C=N–C) groups is 1. The Labute approximate surface area is 127 Å². The van der Waals surface area contributed by atoms with Gasteiger partial charge in [-0.3, -0.25) is 4.99 Å². The minimum absolute atomic E-state index is 0.164. The van der Waals surface area contributed by atoms with Crippen molar-refractivity contribution in [2.45, 2.75) is 0 Å². The predicted octanol–water partition coefficient (Wildman–Crippen LogP) is 2.55. The SMILES string of the molecule is COc1cccc(C=Nc2ccc3nc(N)nc(N)c3c2)c1. The van der Waals surface area contributed by atoms with Crippen LogP contribution in [0.3, 0.4) is 0 Å². The maximum absolute atomic E-state index is 5.87. The van der Waals surface area contributed by atoms with Crippen LogP contribution in [0.2, 0.25) is 0 Å². The zero-order valence-electron chi connectivity index (χ0n) is 12.0. The van der Waals surface area contributed by atoms with Crippen molar-refractivity contribution in [2.75, 3.05) is 18.6 Å². The fourth-order valence-corrected chi connectivity index (χ4v) is 2.11. The van der Waals surface area contributed by atoms with Gasteiger partial charge < -0.3 is 16.2 Å². The number of anilines is 2. The number of rotatable bonds is 3.